The number of carbonyl (C=O) groups is 2. The molecule has 0 saturated carbocycles. The van der Waals surface area contributed by atoms with Gasteiger partial charge in [-0.05, 0) is 60.4 Å². The van der Waals surface area contributed by atoms with Gasteiger partial charge in [-0.3, -0.25) is 9.59 Å². The van der Waals surface area contributed by atoms with Crippen molar-refractivity contribution in [2.24, 2.45) is 0 Å². The number of aromatic hydroxyl groups is 1. The predicted octanol–water partition coefficient (Wildman–Crippen LogP) is 5.50. The average molecular weight is 472 g/mol. The number of aliphatic hydroxyl groups excluding tert-OH is 1. The molecule has 1 heterocycles. The molecule has 0 spiro atoms. The van der Waals surface area contributed by atoms with E-state index in [4.69, 9.17) is 4.74 Å². The summed E-state index contributed by atoms with van der Waals surface area (Å²) in [4.78, 5) is 27.5. The normalized spacial score (nSPS) is 17.1. The molecule has 0 bridgehead atoms. The summed E-state index contributed by atoms with van der Waals surface area (Å²) in [6.07, 6.45) is 1.56. The molecule has 1 aliphatic rings. The molecule has 4 rings (SSSR count). The monoisotopic (exact) mass is 471 g/mol. The second-order valence-corrected chi connectivity index (χ2v) is 8.70. The van der Waals surface area contributed by atoms with Crippen molar-refractivity contribution in [3.05, 3.63) is 101 Å². The van der Waals surface area contributed by atoms with Crippen molar-refractivity contribution in [1.82, 2.24) is 4.90 Å². The Bertz CT molecular complexity index is 1270. The highest BCUT2D eigenvalue weighted by atomic mass is 16.5. The molecule has 1 aliphatic heterocycles. The van der Waals surface area contributed by atoms with Crippen LogP contribution in [0.3, 0.4) is 0 Å². The molecule has 2 N–H and O–H groups in total. The number of Topliss-reactive ketones (excluding diaryl/α,β-unsaturated/α-hetero) is 1. The molecule has 3 aromatic rings. The van der Waals surface area contributed by atoms with Crippen molar-refractivity contribution in [3.63, 3.8) is 0 Å². The Balaban J connectivity index is 1.70. The third-order valence-corrected chi connectivity index (χ3v) is 6.16. The van der Waals surface area contributed by atoms with E-state index in [1.807, 2.05) is 44.2 Å². The second-order valence-electron chi connectivity index (χ2n) is 8.70. The Hall–Kier alpha value is -4.06. The van der Waals surface area contributed by atoms with Gasteiger partial charge in [0.2, 0.25) is 0 Å². The van der Waals surface area contributed by atoms with Crippen LogP contribution in [0.1, 0.15) is 48.1 Å². The first-order chi connectivity index (χ1) is 16.9. The van der Waals surface area contributed by atoms with Gasteiger partial charge in [0.25, 0.3) is 11.7 Å². The van der Waals surface area contributed by atoms with Gasteiger partial charge in [-0.25, -0.2) is 0 Å². The van der Waals surface area contributed by atoms with Gasteiger partial charge >= 0.3 is 0 Å². The van der Waals surface area contributed by atoms with Crippen LogP contribution in [-0.4, -0.2) is 33.3 Å². The number of ether oxygens (including phenoxy) is 1. The summed E-state index contributed by atoms with van der Waals surface area (Å²) in [5.74, 6) is -0.923. The zero-order valence-corrected chi connectivity index (χ0v) is 19.9. The quantitative estimate of drug-likeness (QED) is 0.257. The van der Waals surface area contributed by atoms with Crippen LogP contribution in [0.15, 0.2) is 78.4 Å². The van der Waals surface area contributed by atoms with Crippen LogP contribution in [0.25, 0.3) is 5.76 Å². The standard InChI is InChI=1S/C29H29NO5/c1-3-4-15-30-26(21-11-8-12-23(31)17-21)25(28(33)29(30)34)27(32)22-13-14-24(19(2)16-22)35-18-20-9-6-5-7-10-20/h5-14,16-17,26,31-32H,3-4,15,18H2,1-2H3/b27-25-. The lowest BCUT2D eigenvalue weighted by molar-refractivity contribution is -0.139. The van der Waals surface area contributed by atoms with E-state index in [1.165, 1.54) is 17.0 Å². The molecule has 180 valence electrons. The van der Waals surface area contributed by atoms with Crippen LogP contribution in [-0.2, 0) is 16.2 Å². The smallest absolute Gasteiger partial charge is 0.295 e. The number of carbonyl (C=O) groups excluding carboxylic acids is 2. The third-order valence-electron chi connectivity index (χ3n) is 6.16. The van der Waals surface area contributed by atoms with Gasteiger partial charge in [0.1, 0.15) is 23.9 Å². The van der Waals surface area contributed by atoms with Gasteiger partial charge in [-0.15, -0.1) is 0 Å². The van der Waals surface area contributed by atoms with Crippen molar-refractivity contribution >= 4 is 17.4 Å². The Kier molecular flexibility index (Phi) is 7.20. The Morgan fingerprint density at radius 3 is 2.46 bits per heavy atom. The lowest BCUT2D eigenvalue weighted by Gasteiger charge is -2.25. The maximum Gasteiger partial charge on any atom is 0.295 e. The Morgan fingerprint density at radius 1 is 1.00 bits per heavy atom. The lowest BCUT2D eigenvalue weighted by Crippen LogP contribution is -2.30. The molecule has 1 unspecified atom stereocenters. The first-order valence-corrected chi connectivity index (χ1v) is 11.8. The van der Waals surface area contributed by atoms with E-state index in [0.29, 0.717) is 30.0 Å². The number of unbranched alkanes of at least 4 members (excludes halogenated alkanes) is 1. The van der Waals surface area contributed by atoms with Gasteiger partial charge in [-0.1, -0.05) is 55.8 Å². The average Bonchev–Trinajstić information content (AvgIpc) is 3.11. The fraction of sp³-hybridized carbons (Fsp3) is 0.241. The summed E-state index contributed by atoms with van der Waals surface area (Å²) in [5, 5.41) is 21.3. The summed E-state index contributed by atoms with van der Waals surface area (Å²) in [6.45, 7) is 4.66. The van der Waals surface area contributed by atoms with Gasteiger partial charge < -0.3 is 19.8 Å². The number of benzene rings is 3. The molecule has 6 nitrogen and oxygen atoms in total. The number of amides is 1. The predicted molar refractivity (Wildman–Crippen MR) is 134 cm³/mol. The molecule has 1 saturated heterocycles. The topological polar surface area (TPSA) is 87.1 Å². The SMILES string of the molecule is CCCCN1C(=O)C(=O)/C(=C(\O)c2ccc(OCc3ccccc3)c(C)c2)C1c1cccc(O)c1. The van der Waals surface area contributed by atoms with E-state index in [-0.39, 0.29) is 17.1 Å². The summed E-state index contributed by atoms with van der Waals surface area (Å²) in [5.41, 5.74) is 2.85. The number of aryl methyl sites for hydroxylation is 1. The van der Waals surface area contributed by atoms with Crippen LogP contribution in [0.4, 0.5) is 0 Å². The van der Waals surface area contributed by atoms with Crippen molar-refractivity contribution in [3.8, 4) is 11.5 Å². The number of rotatable bonds is 8. The second kappa shape index (κ2) is 10.5. The zero-order chi connectivity index (χ0) is 24.9. The van der Waals surface area contributed by atoms with Gasteiger partial charge in [0, 0.05) is 12.1 Å². The van der Waals surface area contributed by atoms with Crippen LogP contribution >= 0.6 is 0 Å². The largest absolute Gasteiger partial charge is 0.508 e. The number of likely N-dealkylation sites (tertiary alicyclic amines) is 1. The van der Waals surface area contributed by atoms with Crippen molar-refractivity contribution in [2.75, 3.05) is 6.54 Å². The highest BCUT2D eigenvalue weighted by Gasteiger charge is 2.45. The number of aliphatic hydroxyl groups is 1. The Morgan fingerprint density at radius 2 is 1.77 bits per heavy atom. The Labute approximate surface area is 205 Å². The van der Waals surface area contributed by atoms with E-state index < -0.39 is 17.7 Å². The van der Waals surface area contributed by atoms with Crippen molar-refractivity contribution < 1.29 is 24.5 Å². The zero-order valence-electron chi connectivity index (χ0n) is 19.9. The number of hydrogen-bond acceptors (Lipinski definition) is 5. The lowest BCUT2D eigenvalue weighted by atomic mass is 9.94. The highest BCUT2D eigenvalue weighted by molar-refractivity contribution is 6.46. The van der Waals surface area contributed by atoms with Crippen LogP contribution in [0.2, 0.25) is 0 Å². The molecule has 0 aliphatic carbocycles. The van der Waals surface area contributed by atoms with Crippen LogP contribution in [0.5, 0.6) is 11.5 Å². The number of ketones is 1. The summed E-state index contributed by atoms with van der Waals surface area (Å²) in [7, 11) is 0. The summed E-state index contributed by atoms with van der Waals surface area (Å²) >= 11 is 0. The minimum absolute atomic E-state index is 0.0223. The molecule has 0 radical (unpaired) electrons. The number of phenols is 1. The van der Waals surface area contributed by atoms with Gasteiger partial charge in [0.05, 0.1) is 11.6 Å². The molecule has 6 heteroatoms. The first-order valence-electron chi connectivity index (χ1n) is 11.8. The molecule has 1 atom stereocenters. The molecule has 3 aromatic carbocycles. The molecule has 35 heavy (non-hydrogen) atoms. The fourth-order valence-corrected chi connectivity index (χ4v) is 4.33. The number of nitrogens with zero attached hydrogens (tertiary/aromatic N) is 1. The summed E-state index contributed by atoms with van der Waals surface area (Å²) < 4.78 is 5.93. The molecule has 0 aromatic heterocycles. The van der Waals surface area contributed by atoms with Gasteiger partial charge in [0.15, 0.2) is 0 Å². The maximum absolute atomic E-state index is 13.1. The van der Waals surface area contributed by atoms with Crippen LogP contribution < -0.4 is 4.74 Å². The van der Waals surface area contributed by atoms with E-state index in [1.54, 1.807) is 30.3 Å². The molecular formula is C29H29NO5. The minimum atomic E-state index is -0.775. The molecule has 1 amide bonds. The minimum Gasteiger partial charge on any atom is -0.508 e. The molecule has 1 fully saturated rings. The fourth-order valence-electron chi connectivity index (χ4n) is 4.33. The third kappa shape index (κ3) is 5.06. The van der Waals surface area contributed by atoms with Crippen LogP contribution in [0, 0.1) is 6.92 Å². The van der Waals surface area contributed by atoms with Crippen molar-refractivity contribution in [1.29, 1.82) is 0 Å². The van der Waals surface area contributed by atoms with E-state index >= 15 is 0 Å². The first kappa shape index (κ1) is 24.1. The highest BCUT2D eigenvalue weighted by Crippen LogP contribution is 2.40. The number of phenolic OH excluding ortho intramolecular Hbond substituents is 1. The molecular weight excluding hydrogens is 442 g/mol. The van der Waals surface area contributed by atoms with E-state index in [0.717, 1.165) is 24.0 Å². The van der Waals surface area contributed by atoms with Gasteiger partial charge in [-0.2, -0.15) is 0 Å². The summed E-state index contributed by atoms with van der Waals surface area (Å²) in [6, 6.07) is 20.7. The van der Waals surface area contributed by atoms with E-state index in [2.05, 4.69) is 0 Å². The number of hydrogen-bond donors (Lipinski definition) is 2. The maximum atomic E-state index is 13.1. The van der Waals surface area contributed by atoms with Crippen molar-refractivity contribution in [2.45, 2.75) is 39.3 Å². The van der Waals surface area contributed by atoms with E-state index in [9.17, 15) is 19.8 Å².